The SMILES string of the molecule is CCc1nn(C)c(C(=O)OCCS(=O)(=O)C(C)C)c1N. The second kappa shape index (κ2) is 6.25. The quantitative estimate of drug-likeness (QED) is 0.769. The van der Waals surface area contributed by atoms with Crippen molar-refractivity contribution in [2.45, 2.75) is 32.4 Å². The monoisotopic (exact) mass is 303 g/mol. The number of sulfone groups is 1. The molecule has 0 aliphatic rings. The van der Waals surface area contributed by atoms with Crippen LogP contribution in [0.15, 0.2) is 0 Å². The van der Waals surface area contributed by atoms with Gasteiger partial charge in [0, 0.05) is 7.05 Å². The zero-order valence-corrected chi connectivity index (χ0v) is 13.0. The summed E-state index contributed by atoms with van der Waals surface area (Å²) >= 11 is 0. The number of nitrogens with two attached hydrogens (primary N) is 1. The minimum absolute atomic E-state index is 0.156. The first-order valence-electron chi connectivity index (χ1n) is 6.40. The van der Waals surface area contributed by atoms with Crippen molar-refractivity contribution in [1.82, 2.24) is 9.78 Å². The summed E-state index contributed by atoms with van der Waals surface area (Å²) < 4.78 is 29.5. The summed E-state index contributed by atoms with van der Waals surface area (Å²) in [6.07, 6.45) is 0.606. The summed E-state index contributed by atoms with van der Waals surface area (Å²) in [5.74, 6) is -0.856. The second-order valence-corrected chi connectivity index (χ2v) is 7.41. The van der Waals surface area contributed by atoms with Crippen LogP contribution in [0, 0.1) is 0 Å². The lowest BCUT2D eigenvalue weighted by Crippen LogP contribution is -2.23. The van der Waals surface area contributed by atoms with Gasteiger partial charge in [-0.25, -0.2) is 13.2 Å². The fraction of sp³-hybridized carbons (Fsp3) is 0.667. The fourth-order valence-corrected chi connectivity index (χ4v) is 2.44. The average Bonchev–Trinajstić information content (AvgIpc) is 2.63. The predicted molar refractivity (Wildman–Crippen MR) is 76.2 cm³/mol. The highest BCUT2D eigenvalue weighted by atomic mass is 32.2. The van der Waals surface area contributed by atoms with Gasteiger partial charge in [-0.3, -0.25) is 4.68 Å². The molecule has 0 aromatic carbocycles. The number of aryl methyl sites for hydroxylation is 2. The Balaban J connectivity index is 2.72. The Hall–Kier alpha value is -1.57. The molecule has 1 aromatic rings. The molecule has 114 valence electrons. The van der Waals surface area contributed by atoms with Crippen LogP contribution >= 0.6 is 0 Å². The van der Waals surface area contributed by atoms with Gasteiger partial charge in [-0.1, -0.05) is 6.92 Å². The summed E-state index contributed by atoms with van der Waals surface area (Å²) in [6.45, 7) is 4.86. The molecule has 1 rings (SSSR count). The first kappa shape index (κ1) is 16.5. The van der Waals surface area contributed by atoms with Crippen molar-refractivity contribution in [3.05, 3.63) is 11.4 Å². The van der Waals surface area contributed by atoms with Crippen LogP contribution in [0.3, 0.4) is 0 Å². The van der Waals surface area contributed by atoms with E-state index in [0.717, 1.165) is 0 Å². The lowest BCUT2D eigenvalue weighted by molar-refractivity contribution is 0.0517. The highest BCUT2D eigenvalue weighted by Crippen LogP contribution is 2.17. The molecular weight excluding hydrogens is 282 g/mol. The van der Waals surface area contributed by atoms with Crippen LogP contribution < -0.4 is 5.73 Å². The topological polar surface area (TPSA) is 104 Å². The van der Waals surface area contributed by atoms with Gasteiger partial charge in [0.2, 0.25) is 0 Å². The third kappa shape index (κ3) is 3.50. The molecule has 0 saturated carbocycles. The average molecular weight is 303 g/mol. The van der Waals surface area contributed by atoms with E-state index in [9.17, 15) is 13.2 Å². The minimum atomic E-state index is -3.23. The van der Waals surface area contributed by atoms with Crippen LogP contribution in [0.1, 0.15) is 37.0 Å². The Bertz CT molecular complexity index is 590. The Morgan fingerprint density at radius 2 is 2.05 bits per heavy atom. The van der Waals surface area contributed by atoms with Crippen LogP contribution in [0.25, 0.3) is 0 Å². The third-order valence-electron chi connectivity index (χ3n) is 3.01. The van der Waals surface area contributed by atoms with Gasteiger partial charge in [0.05, 0.1) is 22.4 Å². The standard InChI is InChI=1S/C12H21N3O4S/c1-5-9-10(13)11(15(4)14-9)12(16)19-6-7-20(17,18)8(2)3/h8H,5-7,13H2,1-4H3. The number of esters is 1. The number of carbonyl (C=O) groups excluding carboxylic acids is 1. The van der Waals surface area contributed by atoms with E-state index in [0.29, 0.717) is 12.1 Å². The zero-order chi connectivity index (χ0) is 15.5. The van der Waals surface area contributed by atoms with Crippen molar-refractivity contribution in [1.29, 1.82) is 0 Å². The van der Waals surface area contributed by atoms with Gasteiger partial charge in [0.1, 0.15) is 6.61 Å². The summed E-state index contributed by atoms with van der Waals surface area (Å²) in [4.78, 5) is 11.9. The van der Waals surface area contributed by atoms with Crippen molar-refractivity contribution >= 4 is 21.5 Å². The first-order chi connectivity index (χ1) is 9.20. The first-order valence-corrected chi connectivity index (χ1v) is 8.12. The summed E-state index contributed by atoms with van der Waals surface area (Å²) in [6, 6.07) is 0. The number of nitrogen functional groups attached to an aromatic ring is 1. The summed E-state index contributed by atoms with van der Waals surface area (Å²) in [5, 5.41) is 3.62. The maximum Gasteiger partial charge on any atom is 0.358 e. The number of ether oxygens (including phenoxy) is 1. The highest BCUT2D eigenvalue weighted by molar-refractivity contribution is 7.91. The van der Waals surface area contributed by atoms with Gasteiger partial charge in [-0.15, -0.1) is 0 Å². The molecule has 0 fully saturated rings. The molecule has 8 heteroatoms. The van der Waals surface area contributed by atoms with Gasteiger partial charge in [0.15, 0.2) is 15.5 Å². The molecule has 0 aliphatic heterocycles. The Kier molecular flexibility index (Phi) is 5.15. The van der Waals surface area contributed by atoms with Gasteiger partial charge >= 0.3 is 5.97 Å². The van der Waals surface area contributed by atoms with E-state index in [2.05, 4.69) is 5.10 Å². The van der Waals surface area contributed by atoms with Crippen LogP contribution in [0.5, 0.6) is 0 Å². The maximum absolute atomic E-state index is 11.9. The molecule has 20 heavy (non-hydrogen) atoms. The molecular formula is C12H21N3O4S. The van der Waals surface area contributed by atoms with E-state index < -0.39 is 21.1 Å². The lowest BCUT2D eigenvalue weighted by atomic mass is 10.2. The van der Waals surface area contributed by atoms with Crippen LogP contribution in [0.4, 0.5) is 5.69 Å². The molecule has 0 unspecified atom stereocenters. The van der Waals surface area contributed by atoms with Crippen molar-refractivity contribution in [2.75, 3.05) is 18.1 Å². The number of hydrogen-bond donors (Lipinski definition) is 1. The Labute approximate surface area is 119 Å². The second-order valence-electron chi connectivity index (χ2n) is 4.74. The predicted octanol–water partition coefficient (Wildman–Crippen LogP) is 0.545. The van der Waals surface area contributed by atoms with Gasteiger partial charge in [0.25, 0.3) is 0 Å². The van der Waals surface area contributed by atoms with Crippen LogP contribution in [-0.2, 0) is 28.0 Å². The van der Waals surface area contributed by atoms with Crippen LogP contribution in [0.2, 0.25) is 0 Å². The van der Waals surface area contributed by atoms with E-state index >= 15 is 0 Å². The van der Waals surface area contributed by atoms with Gasteiger partial charge < -0.3 is 10.5 Å². The number of aromatic nitrogens is 2. The smallest absolute Gasteiger partial charge is 0.358 e. The van der Waals surface area contributed by atoms with E-state index in [1.54, 1.807) is 20.9 Å². The molecule has 2 N–H and O–H groups in total. The molecule has 0 radical (unpaired) electrons. The van der Waals surface area contributed by atoms with E-state index in [-0.39, 0.29) is 23.7 Å². The van der Waals surface area contributed by atoms with Crippen molar-refractivity contribution < 1.29 is 17.9 Å². The number of carbonyl (C=O) groups is 1. The molecule has 0 aliphatic carbocycles. The molecule has 0 bridgehead atoms. The Morgan fingerprint density at radius 1 is 1.45 bits per heavy atom. The number of nitrogens with zero attached hydrogens (tertiary/aromatic N) is 2. The molecule has 0 spiro atoms. The summed E-state index contributed by atoms with van der Waals surface area (Å²) in [5.41, 5.74) is 6.88. The van der Waals surface area contributed by atoms with Gasteiger partial charge in [-0.2, -0.15) is 5.10 Å². The Morgan fingerprint density at radius 3 is 2.50 bits per heavy atom. The molecule has 0 amide bonds. The van der Waals surface area contributed by atoms with E-state index in [4.69, 9.17) is 10.5 Å². The third-order valence-corrected chi connectivity index (χ3v) is 5.18. The minimum Gasteiger partial charge on any atom is -0.460 e. The largest absolute Gasteiger partial charge is 0.460 e. The van der Waals surface area contributed by atoms with Crippen molar-refractivity contribution in [2.24, 2.45) is 7.05 Å². The normalized spacial score (nSPS) is 11.8. The molecule has 1 heterocycles. The number of hydrogen-bond acceptors (Lipinski definition) is 6. The lowest BCUT2D eigenvalue weighted by Gasteiger charge is -2.08. The van der Waals surface area contributed by atoms with E-state index in [1.165, 1.54) is 4.68 Å². The van der Waals surface area contributed by atoms with Crippen molar-refractivity contribution in [3.63, 3.8) is 0 Å². The molecule has 7 nitrogen and oxygen atoms in total. The zero-order valence-electron chi connectivity index (χ0n) is 12.2. The maximum atomic E-state index is 11.9. The number of anilines is 1. The van der Waals surface area contributed by atoms with Gasteiger partial charge in [-0.05, 0) is 20.3 Å². The highest BCUT2D eigenvalue weighted by Gasteiger charge is 2.22. The van der Waals surface area contributed by atoms with Crippen LogP contribution in [-0.4, -0.2) is 41.8 Å². The molecule has 0 saturated heterocycles. The molecule has 1 aromatic heterocycles. The van der Waals surface area contributed by atoms with E-state index in [1.807, 2.05) is 6.92 Å². The molecule has 0 atom stereocenters. The van der Waals surface area contributed by atoms with Crippen molar-refractivity contribution in [3.8, 4) is 0 Å². The summed E-state index contributed by atoms with van der Waals surface area (Å²) in [7, 11) is -1.63. The fourth-order valence-electron chi connectivity index (χ4n) is 1.65. The number of rotatable bonds is 6.